The van der Waals surface area contributed by atoms with Crippen molar-refractivity contribution < 1.29 is 9.59 Å². The van der Waals surface area contributed by atoms with E-state index in [-0.39, 0.29) is 17.7 Å². The quantitative estimate of drug-likeness (QED) is 0.750. The van der Waals surface area contributed by atoms with Gasteiger partial charge in [-0.3, -0.25) is 9.59 Å². The normalized spacial score (nSPS) is 15.9. The molecule has 0 heterocycles. The molecule has 1 aromatic rings. The molecular formula is C13H17N3O2. The SMILES string of the molecule is CC(N)C(=O)Nc1cccc(NC(=O)C2CC2)c1. The van der Waals surface area contributed by atoms with Gasteiger partial charge in [0.25, 0.3) is 0 Å². The average Bonchev–Trinajstić information content (AvgIpc) is 3.12. The maximum atomic E-state index is 11.6. The molecule has 96 valence electrons. The van der Waals surface area contributed by atoms with Crippen LogP contribution in [0.5, 0.6) is 0 Å². The molecule has 0 aliphatic heterocycles. The summed E-state index contributed by atoms with van der Waals surface area (Å²) >= 11 is 0. The number of amides is 2. The maximum Gasteiger partial charge on any atom is 0.240 e. The Kier molecular flexibility index (Phi) is 3.62. The second-order valence-corrected chi connectivity index (χ2v) is 4.62. The highest BCUT2D eigenvalue weighted by Crippen LogP contribution is 2.30. The fourth-order valence-corrected chi connectivity index (χ4v) is 1.52. The van der Waals surface area contributed by atoms with Crippen LogP contribution in [-0.4, -0.2) is 17.9 Å². The molecule has 1 aromatic carbocycles. The molecule has 0 spiro atoms. The van der Waals surface area contributed by atoms with E-state index in [0.717, 1.165) is 12.8 Å². The number of carbonyl (C=O) groups is 2. The zero-order valence-corrected chi connectivity index (χ0v) is 10.3. The van der Waals surface area contributed by atoms with E-state index in [1.165, 1.54) is 0 Å². The number of hydrogen-bond acceptors (Lipinski definition) is 3. The number of benzene rings is 1. The molecule has 0 radical (unpaired) electrons. The van der Waals surface area contributed by atoms with Crippen molar-refractivity contribution in [1.82, 2.24) is 0 Å². The number of carbonyl (C=O) groups excluding carboxylic acids is 2. The van der Waals surface area contributed by atoms with Crippen molar-refractivity contribution in [3.8, 4) is 0 Å². The first kappa shape index (κ1) is 12.6. The molecule has 1 unspecified atom stereocenters. The second-order valence-electron chi connectivity index (χ2n) is 4.62. The predicted molar refractivity (Wildman–Crippen MR) is 70.1 cm³/mol. The summed E-state index contributed by atoms with van der Waals surface area (Å²) in [6, 6.07) is 6.49. The van der Waals surface area contributed by atoms with Crippen LogP contribution in [0.15, 0.2) is 24.3 Å². The standard InChI is InChI=1S/C13H17N3O2/c1-8(14)12(17)15-10-3-2-4-11(7-10)16-13(18)9-5-6-9/h2-4,7-9H,5-6,14H2,1H3,(H,15,17)(H,16,18). The van der Waals surface area contributed by atoms with Crippen molar-refractivity contribution in [2.75, 3.05) is 10.6 Å². The summed E-state index contributed by atoms with van der Waals surface area (Å²) in [6.07, 6.45) is 1.93. The third-order valence-corrected chi connectivity index (χ3v) is 2.76. The van der Waals surface area contributed by atoms with Crippen molar-refractivity contribution >= 4 is 23.2 Å². The number of anilines is 2. The molecule has 2 rings (SSSR count). The predicted octanol–water partition coefficient (Wildman–Crippen LogP) is 1.32. The topological polar surface area (TPSA) is 84.2 Å². The van der Waals surface area contributed by atoms with Gasteiger partial charge in [-0.15, -0.1) is 0 Å². The van der Waals surface area contributed by atoms with Crippen molar-refractivity contribution in [2.24, 2.45) is 11.7 Å². The first-order valence-corrected chi connectivity index (χ1v) is 6.03. The number of nitrogens with two attached hydrogens (primary N) is 1. The minimum atomic E-state index is -0.560. The van der Waals surface area contributed by atoms with Crippen LogP contribution in [0.2, 0.25) is 0 Å². The van der Waals surface area contributed by atoms with Crippen LogP contribution in [0.25, 0.3) is 0 Å². The summed E-state index contributed by atoms with van der Waals surface area (Å²) in [5, 5.41) is 5.51. The van der Waals surface area contributed by atoms with Gasteiger partial charge in [-0.05, 0) is 38.0 Å². The minimum absolute atomic E-state index is 0.0469. The fourth-order valence-electron chi connectivity index (χ4n) is 1.52. The lowest BCUT2D eigenvalue weighted by atomic mass is 10.2. The Morgan fingerprint density at radius 3 is 2.44 bits per heavy atom. The maximum absolute atomic E-state index is 11.6. The molecule has 4 N–H and O–H groups in total. The fraction of sp³-hybridized carbons (Fsp3) is 0.385. The molecule has 18 heavy (non-hydrogen) atoms. The van der Waals surface area contributed by atoms with Crippen LogP contribution in [-0.2, 0) is 9.59 Å². The molecule has 1 aliphatic rings. The van der Waals surface area contributed by atoms with E-state index in [0.29, 0.717) is 11.4 Å². The van der Waals surface area contributed by atoms with E-state index in [4.69, 9.17) is 5.73 Å². The lowest BCUT2D eigenvalue weighted by Crippen LogP contribution is -2.32. The van der Waals surface area contributed by atoms with E-state index in [9.17, 15) is 9.59 Å². The molecule has 5 nitrogen and oxygen atoms in total. The van der Waals surface area contributed by atoms with Crippen molar-refractivity contribution in [1.29, 1.82) is 0 Å². The van der Waals surface area contributed by atoms with Gasteiger partial charge in [-0.2, -0.15) is 0 Å². The lowest BCUT2D eigenvalue weighted by molar-refractivity contribution is -0.117. The first-order chi connectivity index (χ1) is 8.56. The Labute approximate surface area is 106 Å². The van der Waals surface area contributed by atoms with E-state index in [2.05, 4.69) is 10.6 Å². The Morgan fingerprint density at radius 1 is 1.28 bits per heavy atom. The van der Waals surface area contributed by atoms with E-state index < -0.39 is 6.04 Å². The van der Waals surface area contributed by atoms with Gasteiger partial charge in [-0.25, -0.2) is 0 Å². The van der Waals surface area contributed by atoms with Crippen LogP contribution in [0.3, 0.4) is 0 Å². The van der Waals surface area contributed by atoms with Crippen LogP contribution >= 0.6 is 0 Å². The van der Waals surface area contributed by atoms with Crippen LogP contribution in [0.4, 0.5) is 11.4 Å². The summed E-state index contributed by atoms with van der Waals surface area (Å²) < 4.78 is 0. The number of hydrogen-bond donors (Lipinski definition) is 3. The molecule has 1 saturated carbocycles. The summed E-state index contributed by atoms with van der Waals surface area (Å²) in [5.41, 5.74) is 6.79. The van der Waals surface area contributed by atoms with Gasteiger partial charge in [0.1, 0.15) is 0 Å². The van der Waals surface area contributed by atoms with Crippen LogP contribution in [0.1, 0.15) is 19.8 Å². The molecule has 5 heteroatoms. The third kappa shape index (κ3) is 3.30. The molecule has 0 saturated heterocycles. The Morgan fingerprint density at radius 2 is 1.89 bits per heavy atom. The largest absolute Gasteiger partial charge is 0.326 e. The van der Waals surface area contributed by atoms with Crippen molar-refractivity contribution in [2.45, 2.75) is 25.8 Å². The van der Waals surface area contributed by atoms with E-state index in [1.807, 2.05) is 0 Å². The summed E-state index contributed by atoms with van der Waals surface area (Å²) in [7, 11) is 0. The molecular weight excluding hydrogens is 230 g/mol. The Bertz CT molecular complexity index is 436. The van der Waals surface area contributed by atoms with Gasteiger partial charge in [0.15, 0.2) is 0 Å². The van der Waals surface area contributed by atoms with E-state index in [1.54, 1.807) is 31.2 Å². The Hall–Kier alpha value is -1.88. The lowest BCUT2D eigenvalue weighted by Gasteiger charge is -2.10. The monoisotopic (exact) mass is 247 g/mol. The second kappa shape index (κ2) is 5.18. The zero-order chi connectivity index (χ0) is 13.1. The van der Waals surface area contributed by atoms with Gasteiger partial charge in [0.05, 0.1) is 6.04 Å². The minimum Gasteiger partial charge on any atom is -0.326 e. The zero-order valence-electron chi connectivity index (χ0n) is 10.3. The first-order valence-electron chi connectivity index (χ1n) is 6.03. The highest BCUT2D eigenvalue weighted by Gasteiger charge is 2.29. The highest BCUT2D eigenvalue weighted by molar-refractivity contribution is 5.97. The Balaban J connectivity index is 2.00. The van der Waals surface area contributed by atoms with Crippen LogP contribution in [0, 0.1) is 5.92 Å². The average molecular weight is 247 g/mol. The van der Waals surface area contributed by atoms with Gasteiger partial charge in [0, 0.05) is 17.3 Å². The van der Waals surface area contributed by atoms with Crippen molar-refractivity contribution in [3.05, 3.63) is 24.3 Å². The van der Waals surface area contributed by atoms with E-state index >= 15 is 0 Å². The van der Waals surface area contributed by atoms with Crippen molar-refractivity contribution in [3.63, 3.8) is 0 Å². The molecule has 1 fully saturated rings. The van der Waals surface area contributed by atoms with Gasteiger partial charge >= 0.3 is 0 Å². The highest BCUT2D eigenvalue weighted by atomic mass is 16.2. The van der Waals surface area contributed by atoms with Gasteiger partial charge < -0.3 is 16.4 Å². The molecule has 0 aromatic heterocycles. The number of rotatable bonds is 4. The summed E-state index contributed by atoms with van der Waals surface area (Å²) in [5.74, 6) is -0.0429. The van der Waals surface area contributed by atoms with Gasteiger partial charge in [0.2, 0.25) is 11.8 Å². The molecule has 2 amide bonds. The smallest absolute Gasteiger partial charge is 0.240 e. The third-order valence-electron chi connectivity index (χ3n) is 2.76. The van der Waals surface area contributed by atoms with Crippen LogP contribution < -0.4 is 16.4 Å². The molecule has 1 aliphatic carbocycles. The number of nitrogens with one attached hydrogen (secondary N) is 2. The summed E-state index contributed by atoms with van der Waals surface area (Å²) in [4.78, 5) is 23.0. The molecule has 1 atom stereocenters. The summed E-state index contributed by atoms with van der Waals surface area (Å²) in [6.45, 7) is 1.62. The van der Waals surface area contributed by atoms with Gasteiger partial charge in [-0.1, -0.05) is 6.07 Å². The molecule has 0 bridgehead atoms.